The summed E-state index contributed by atoms with van der Waals surface area (Å²) in [4.78, 5) is 20.6. The van der Waals surface area contributed by atoms with Crippen molar-refractivity contribution in [3.63, 3.8) is 0 Å². The minimum absolute atomic E-state index is 0.213. The molecule has 10 nitrogen and oxygen atoms in total. The first-order valence-corrected chi connectivity index (χ1v) is 15.7. The van der Waals surface area contributed by atoms with Gasteiger partial charge in [0.25, 0.3) is 0 Å². The number of carbonyl (C=O) groups excluding carboxylic acids is 1. The second-order valence-electron chi connectivity index (χ2n) is 13.3. The fourth-order valence-electron chi connectivity index (χ4n) is 6.24. The third-order valence-corrected chi connectivity index (χ3v) is 8.65. The Labute approximate surface area is 259 Å². The highest BCUT2D eigenvalue weighted by Gasteiger charge is 2.38. The Morgan fingerprint density at radius 2 is 1.75 bits per heavy atom. The smallest absolute Gasteiger partial charge is 0.339 e. The van der Waals surface area contributed by atoms with Gasteiger partial charge in [-0.15, -0.1) is 0 Å². The van der Waals surface area contributed by atoms with Crippen LogP contribution in [0.25, 0.3) is 28.2 Å². The van der Waals surface area contributed by atoms with Crippen molar-refractivity contribution in [2.75, 3.05) is 31.7 Å². The molecule has 0 aliphatic carbocycles. The van der Waals surface area contributed by atoms with Crippen LogP contribution in [0.4, 0.5) is 5.82 Å². The summed E-state index contributed by atoms with van der Waals surface area (Å²) < 4.78 is 22.1. The van der Waals surface area contributed by atoms with Crippen LogP contribution in [0.2, 0.25) is 0 Å². The van der Waals surface area contributed by atoms with Crippen molar-refractivity contribution < 1.29 is 19.0 Å². The summed E-state index contributed by atoms with van der Waals surface area (Å²) in [6.45, 7) is 13.1. The van der Waals surface area contributed by atoms with E-state index in [0.29, 0.717) is 16.9 Å². The van der Waals surface area contributed by atoms with Crippen LogP contribution in [0.5, 0.6) is 0 Å². The molecular formula is C34H44N6O4. The highest BCUT2D eigenvalue weighted by molar-refractivity contribution is 5.80. The van der Waals surface area contributed by atoms with Gasteiger partial charge in [-0.1, -0.05) is 18.2 Å². The molecule has 3 aliphatic rings. The van der Waals surface area contributed by atoms with Gasteiger partial charge in [-0.3, -0.25) is 4.68 Å². The molecule has 44 heavy (non-hydrogen) atoms. The Balaban J connectivity index is 1.52. The van der Waals surface area contributed by atoms with E-state index in [1.54, 1.807) is 0 Å². The van der Waals surface area contributed by atoms with Crippen LogP contribution >= 0.6 is 0 Å². The van der Waals surface area contributed by atoms with Gasteiger partial charge in [-0.05, 0) is 78.9 Å². The zero-order valence-electron chi connectivity index (χ0n) is 26.8. The number of ether oxygens (including phenoxy) is 3. The molecule has 0 unspecified atom stereocenters. The Bertz CT molecular complexity index is 1640. The third kappa shape index (κ3) is 6.23. The second-order valence-corrected chi connectivity index (χ2v) is 13.3. The molecule has 0 saturated carbocycles. The van der Waals surface area contributed by atoms with Crippen LogP contribution in [0, 0.1) is 6.92 Å². The molecule has 0 radical (unpaired) electrons. The quantitative estimate of drug-likeness (QED) is 0.258. The Morgan fingerprint density at radius 3 is 2.48 bits per heavy atom. The predicted molar refractivity (Wildman–Crippen MR) is 170 cm³/mol. The predicted octanol–water partition coefficient (Wildman–Crippen LogP) is 6.16. The van der Waals surface area contributed by atoms with Crippen LogP contribution in [0.15, 0.2) is 42.6 Å². The van der Waals surface area contributed by atoms with Gasteiger partial charge in [0.15, 0.2) is 11.8 Å². The lowest BCUT2D eigenvalue weighted by Gasteiger charge is -2.41. The second kappa shape index (κ2) is 12.0. The van der Waals surface area contributed by atoms with Gasteiger partial charge >= 0.3 is 5.97 Å². The normalized spacial score (nSPS) is 18.0. The summed E-state index contributed by atoms with van der Waals surface area (Å²) in [5.74, 6) is 0.348. The molecule has 1 saturated heterocycles. The number of hydrogen-bond donors (Lipinski definition) is 0. The first kappa shape index (κ1) is 30.3. The van der Waals surface area contributed by atoms with Crippen molar-refractivity contribution in [1.82, 2.24) is 24.4 Å². The van der Waals surface area contributed by atoms with Gasteiger partial charge < -0.3 is 19.1 Å². The lowest BCUT2D eigenvalue weighted by Crippen LogP contribution is -2.46. The molecule has 0 N–H and O–H groups in total. The number of aromatic nitrogens is 5. The number of carbonyl (C=O) groups is 1. The van der Waals surface area contributed by atoms with Crippen molar-refractivity contribution >= 4 is 17.4 Å². The van der Waals surface area contributed by atoms with Crippen molar-refractivity contribution in [1.29, 1.82) is 0 Å². The monoisotopic (exact) mass is 600 g/mol. The zero-order chi connectivity index (χ0) is 31.1. The number of piperidine rings is 1. The van der Waals surface area contributed by atoms with Crippen LogP contribution in [-0.4, -0.2) is 68.4 Å². The van der Waals surface area contributed by atoms with E-state index < -0.39 is 17.7 Å². The average Bonchev–Trinajstić information content (AvgIpc) is 3.64. The number of aryl methyl sites for hydroxylation is 2. The van der Waals surface area contributed by atoms with Crippen molar-refractivity contribution in [3.8, 4) is 22.5 Å². The summed E-state index contributed by atoms with van der Waals surface area (Å²) >= 11 is 0. The van der Waals surface area contributed by atoms with Crippen molar-refractivity contribution in [2.24, 2.45) is 0 Å². The minimum Gasteiger partial charge on any atom is -0.467 e. The SMILES string of the molecule is COC(=O)[C@@H](OC(C)(C)C)c1c(C)nc2cc3nn2c1N1CCC(C)(CC1)OCCCCCn1ccc(n1)-c1cccc-3c1. The molecule has 0 amide bonds. The fraction of sp³-hybridized carbons (Fsp3) is 0.529. The molecule has 3 aromatic heterocycles. The lowest BCUT2D eigenvalue weighted by atomic mass is 9.92. The molecule has 10 heteroatoms. The molecule has 8 bridgehead atoms. The number of esters is 1. The van der Waals surface area contributed by atoms with Crippen molar-refractivity contribution in [2.45, 2.75) is 90.6 Å². The number of nitrogens with zero attached hydrogens (tertiary/aromatic N) is 6. The van der Waals surface area contributed by atoms with E-state index in [2.05, 4.69) is 42.3 Å². The van der Waals surface area contributed by atoms with Crippen LogP contribution in [0.1, 0.15) is 77.2 Å². The van der Waals surface area contributed by atoms with E-state index in [9.17, 15) is 4.79 Å². The number of rotatable bonds is 3. The molecule has 3 aliphatic heterocycles. The topological polar surface area (TPSA) is 96.0 Å². The van der Waals surface area contributed by atoms with E-state index in [1.165, 1.54) is 7.11 Å². The Morgan fingerprint density at radius 1 is 1.00 bits per heavy atom. The summed E-state index contributed by atoms with van der Waals surface area (Å²) in [7, 11) is 1.40. The number of anilines is 1. The van der Waals surface area contributed by atoms with Crippen LogP contribution in [-0.2, 0) is 25.5 Å². The van der Waals surface area contributed by atoms with Gasteiger partial charge in [-0.25, -0.2) is 9.78 Å². The van der Waals surface area contributed by atoms with E-state index in [4.69, 9.17) is 29.4 Å². The van der Waals surface area contributed by atoms with E-state index in [0.717, 1.165) is 86.7 Å². The molecule has 234 valence electrons. The Kier molecular flexibility index (Phi) is 8.24. The highest BCUT2D eigenvalue weighted by atomic mass is 16.6. The number of methoxy groups -OCH3 is 1. The maximum Gasteiger partial charge on any atom is 0.339 e. The van der Waals surface area contributed by atoms with Gasteiger partial charge in [0.1, 0.15) is 5.82 Å². The first-order chi connectivity index (χ1) is 21.0. The van der Waals surface area contributed by atoms with E-state index in [1.807, 2.05) is 49.0 Å². The number of fused-ring (bicyclic) bond motifs is 7. The highest BCUT2D eigenvalue weighted by Crippen LogP contribution is 2.39. The van der Waals surface area contributed by atoms with E-state index >= 15 is 0 Å². The molecular weight excluding hydrogens is 556 g/mol. The lowest BCUT2D eigenvalue weighted by molar-refractivity contribution is -0.164. The first-order valence-electron chi connectivity index (χ1n) is 15.7. The maximum atomic E-state index is 13.3. The summed E-state index contributed by atoms with van der Waals surface area (Å²) in [6.07, 6.45) is 5.96. The van der Waals surface area contributed by atoms with Crippen molar-refractivity contribution in [3.05, 3.63) is 53.9 Å². The van der Waals surface area contributed by atoms with E-state index in [-0.39, 0.29) is 5.60 Å². The number of benzene rings is 1. The largest absolute Gasteiger partial charge is 0.467 e. The Hall–Kier alpha value is -3.76. The molecule has 1 aromatic carbocycles. The fourth-order valence-corrected chi connectivity index (χ4v) is 6.24. The summed E-state index contributed by atoms with van der Waals surface area (Å²) in [5.41, 5.74) is 5.01. The molecule has 1 fully saturated rings. The standard InChI is InChI=1S/C34H44N6O4/c1-23-29(30(32(41)42-6)44-33(2,3)4)31-38-18-14-34(5,15-19-38)43-20-9-7-8-16-39-17-13-26(36-39)24-11-10-12-25(21-24)27-22-28(35-23)40(31)37-27/h10-13,17,21-22,30H,7-9,14-16,18-20H2,1-6H3/t30-/m0/s1. The van der Waals surface area contributed by atoms with Gasteiger partial charge in [0.05, 0.1) is 35.3 Å². The summed E-state index contributed by atoms with van der Waals surface area (Å²) in [6, 6.07) is 12.4. The van der Waals surface area contributed by atoms with Gasteiger partial charge in [-0.2, -0.15) is 14.7 Å². The van der Waals surface area contributed by atoms with Crippen LogP contribution in [0.3, 0.4) is 0 Å². The third-order valence-electron chi connectivity index (χ3n) is 8.65. The molecule has 1 atom stereocenters. The van der Waals surface area contributed by atoms with Gasteiger partial charge in [0, 0.05) is 55.3 Å². The average molecular weight is 601 g/mol. The molecule has 0 spiro atoms. The maximum absolute atomic E-state index is 13.3. The zero-order valence-corrected chi connectivity index (χ0v) is 26.8. The molecule has 7 rings (SSSR count). The molecule has 6 heterocycles. The summed E-state index contributed by atoms with van der Waals surface area (Å²) in [5, 5.41) is 9.97. The van der Waals surface area contributed by atoms with Gasteiger partial charge in [0.2, 0.25) is 0 Å². The van der Waals surface area contributed by atoms with Crippen LogP contribution < -0.4 is 4.90 Å². The molecule has 4 aromatic rings. The number of hydrogen-bond acceptors (Lipinski definition) is 8. The minimum atomic E-state index is -0.965.